The first kappa shape index (κ1) is 12.0. The van der Waals surface area contributed by atoms with Crippen molar-refractivity contribution in [3.63, 3.8) is 0 Å². The molecular weight excluding hydrogens is 212 g/mol. The molecule has 0 saturated heterocycles. The van der Waals surface area contributed by atoms with Crippen LogP contribution < -0.4 is 0 Å². The zero-order valence-electron chi connectivity index (χ0n) is 8.66. The molecule has 0 bridgehead atoms. The highest BCUT2D eigenvalue weighted by Crippen LogP contribution is 2.19. The number of thioether (sulfide) groups is 1. The van der Waals surface area contributed by atoms with Crippen LogP contribution in [0, 0.1) is 6.92 Å². The molecule has 0 radical (unpaired) electrons. The molecule has 0 spiro atoms. The maximum Gasteiger partial charge on any atom is 0.0626 e. The van der Waals surface area contributed by atoms with Crippen LogP contribution in [-0.2, 0) is 4.18 Å². The molecule has 0 fully saturated rings. The summed E-state index contributed by atoms with van der Waals surface area (Å²) in [5.41, 5.74) is 1.29. The lowest BCUT2D eigenvalue weighted by molar-refractivity contribution is 0.375. The molecule has 78 valence electrons. The van der Waals surface area contributed by atoms with Crippen LogP contribution in [0.2, 0.25) is 0 Å². The number of rotatable bonds is 6. The lowest BCUT2D eigenvalue weighted by atomic mass is 10.2. The fourth-order valence-corrected chi connectivity index (χ4v) is 1.96. The number of benzene rings is 1. The van der Waals surface area contributed by atoms with E-state index in [2.05, 4.69) is 37.4 Å². The van der Waals surface area contributed by atoms with Crippen LogP contribution in [0.25, 0.3) is 0 Å². The fraction of sp³-hybridized carbons (Fsp3) is 0.455. The second kappa shape index (κ2) is 7.21. The third-order valence-corrected chi connectivity index (χ3v) is 3.20. The van der Waals surface area contributed by atoms with Crippen molar-refractivity contribution in [1.29, 1.82) is 0 Å². The summed E-state index contributed by atoms with van der Waals surface area (Å²) in [6.45, 7) is 2.92. The second-order valence-corrected chi connectivity index (χ2v) is 4.92. The van der Waals surface area contributed by atoms with Crippen molar-refractivity contribution >= 4 is 23.8 Å². The molecule has 0 saturated carbocycles. The summed E-state index contributed by atoms with van der Waals surface area (Å²) in [4.78, 5) is 1.18. The molecule has 3 heteroatoms. The van der Waals surface area contributed by atoms with Gasteiger partial charge < -0.3 is 4.18 Å². The standard InChI is InChI=1S/C11H16OS2/c1-10-4-6-11(7-5-10)14-12-8-3-9-13-2/h4-7H,3,8-9H2,1-2H3. The van der Waals surface area contributed by atoms with E-state index in [1.54, 1.807) is 0 Å². The van der Waals surface area contributed by atoms with E-state index in [4.69, 9.17) is 4.18 Å². The molecule has 0 amide bonds. The minimum Gasteiger partial charge on any atom is -0.310 e. The monoisotopic (exact) mass is 228 g/mol. The summed E-state index contributed by atoms with van der Waals surface area (Å²) in [7, 11) is 0. The van der Waals surface area contributed by atoms with Gasteiger partial charge in [0.2, 0.25) is 0 Å². The number of aryl methyl sites for hydroxylation is 1. The van der Waals surface area contributed by atoms with Crippen molar-refractivity contribution < 1.29 is 4.18 Å². The van der Waals surface area contributed by atoms with Gasteiger partial charge in [-0.3, -0.25) is 0 Å². The topological polar surface area (TPSA) is 9.23 Å². The summed E-state index contributed by atoms with van der Waals surface area (Å²) < 4.78 is 5.46. The van der Waals surface area contributed by atoms with Gasteiger partial charge in [-0.1, -0.05) is 17.7 Å². The quantitative estimate of drug-likeness (QED) is 0.542. The largest absolute Gasteiger partial charge is 0.310 e. The molecule has 0 heterocycles. The van der Waals surface area contributed by atoms with Crippen molar-refractivity contribution in [2.75, 3.05) is 18.6 Å². The number of hydrogen-bond donors (Lipinski definition) is 0. The van der Waals surface area contributed by atoms with E-state index in [0.717, 1.165) is 13.0 Å². The molecule has 0 aliphatic heterocycles. The van der Waals surface area contributed by atoms with E-state index in [0.29, 0.717) is 0 Å². The molecule has 0 atom stereocenters. The Bertz CT molecular complexity index is 246. The average Bonchev–Trinajstić information content (AvgIpc) is 2.21. The van der Waals surface area contributed by atoms with E-state index in [9.17, 15) is 0 Å². The first-order valence-electron chi connectivity index (χ1n) is 4.68. The van der Waals surface area contributed by atoms with Crippen molar-refractivity contribution in [3.8, 4) is 0 Å². The first-order chi connectivity index (χ1) is 6.83. The van der Waals surface area contributed by atoms with Gasteiger partial charge in [0, 0.05) is 16.9 Å². The Kier molecular flexibility index (Phi) is 6.15. The smallest absolute Gasteiger partial charge is 0.0626 e. The summed E-state index contributed by atoms with van der Waals surface area (Å²) in [6, 6.07) is 8.39. The van der Waals surface area contributed by atoms with E-state index in [1.165, 1.54) is 28.3 Å². The Morgan fingerprint density at radius 2 is 1.93 bits per heavy atom. The molecule has 0 unspecified atom stereocenters. The van der Waals surface area contributed by atoms with Gasteiger partial charge in [-0.2, -0.15) is 11.8 Å². The molecule has 0 aromatic heterocycles. The molecule has 0 aliphatic carbocycles. The maximum atomic E-state index is 5.46. The summed E-state index contributed by atoms with van der Waals surface area (Å²) >= 11 is 3.33. The third kappa shape index (κ3) is 4.94. The van der Waals surface area contributed by atoms with Gasteiger partial charge in [0.05, 0.1) is 6.61 Å². The summed E-state index contributed by atoms with van der Waals surface area (Å²) in [5, 5.41) is 0. The van der Waals surface area contributed by atoms with Crippen LogP contribution in [0.1, 0.15) is 12.0 Å². The Labute approximate surface area is 94.8 Å². The first-order valence-corrected chi connectivity index (χ1v) is 6.81. The predicted octanol–water partition coefficient (Wildman–Crippen LogP) is 3.77. The van der Waals surface area contributed by atoms with Crippen LogP contribution in [0.3, 0.4) is 0 Å². The van der Waals surface area contributed by atoms with E-state index >= 15 is 0 Å². The van der Waals surface area contributed by atoms with E-state index in [1.807, 2.05) is 11.8 Å². The number of hydrogen-bond acceptors (Lipinski definition) is 3. The molecule has 0 aliphatic rings. The highest BCUT2D eigenvalue weighted by Gasteiger charge is 1.94. The van der Waals surface area contributed by atoms with E-state index < -0.39 is 0 Å². The Balaban J connectivity index is 2.15. The lowest BCUT2D eigenvalue weighted by Crippen LogP contribution is -1.88. The van der Waals surface area contributed by atoms with Crippen LogP contribution in [0.15, 0.2) is 29.2 Å². The second-order valence-electron chi connectivity index (χ2n) is 3.06. The SMILES string of the molecule is CSCCCOSc1ccc(C)cc1. The summed E-state index contributed by atoms with van der Waals surface area (Å²) in [6.07, 6.45) is 3.24. The third-order valence-electron chi connectivity index (χ3n) is 1.75. The van der Waals surface area contributed by atoms with Gasteiger partial charge in [0.1, 0.15) is 0 Å². The van der Waals surface area contributed by atoms with Gasteiger partial charge in [-0.15, -0.1) is 0 Å². The van der Waals surface area contributed by atoms with E-state index in [-0.39, 0.29) is 0 Å². The minimum absolute atomic E-state index is 0.833. The molecular formula is C11H16OS2. The Morgan fingerprint density at radius 3 is 2.57 bits per heavy atom. The normalized spacial score (nSPS) is 10.4. The highest BCUT2D eigenvalue weighted by atomic mass is 32.2. The van der Waals surface area contributed by atoms with Gasteiger partial charge >= 0.3 is 0 Å². The Hall–Kier alpha value is -0.120. The minimum atomic E-state index is 0.833. The molecule has 1 rings (SSSR count). The maximum absolute atomic E-state index is 5.46. The van der Waals surface area contributed by atoms with Crippen LogP contribution in [0.4, 0.5) is 0 Å². The molecule has 1 aromatic rings. The zero-order valence-corrected chi connectivity index (χ0v) is 10.3. The lowest BCUT2D eigenvalue weighted by Gasteiger charge is -2.02. The average molecular weight is 228 g/mol. The molecule has 1 aromatic carbocycles. The van der Waals surface area contributed by atoms with Crippen LogP contribution >= 0.6 is 23.8 Å². The molecule has 1 nitrogen and oxygen atoms in total. The zero-order chi connectivity index (χ0) is 10.2. The van der Waals surface area contributed by atoms with Crippen LogP contribution in [0.5, 0.6) is 0 Å². The molecule has 14 heavy (non-hydrogen) atoms. The Morgan fingerprint density at radius 1 is 1.21 bits per heavy atom. The van der Waals surface area contributed by atoms with Crippen LogP contribution in [-0.4, -0.2) is 18.6 Å². The van der Waals surface area contributed by atoms with Gasteiger partial charge in [0.15, 0.2) is 0 Å². The van der Waals surface area contributed by atoms with Gasteiger partial charge in [0.25, 0.3) is 0 Å². The van der Waals surface area contributed by atoms with Crippen molar-refractivity contribution in [2.45, 2.75) is 18.2 Å². The van der Waals surface area contributed by atoms with Crippen molar-refractivity contribution in [3.05, 3.63) is 29.8 Å². The van der Waals surface area contributed by atoms with Gasteiger partial charge in [-0.25, -0.2) is 0 Å². The predicted molar refractivity (Wildman–Crippen MR) is 66.0 cm³/mol. The highest BCUT2D eigenvalue weighted by molar-refractivity contribution is 7.98. The van der Waals surface area contributed by atoms with Crippen molar-refractivity contribution in [1.82, 2.24) is 0 Å². The fourth-order valence-electron chi connectivity index (χ4n) is 0.966. The van der Waals surface area contributed by atoms with Crippen molar-refractivity contribution in [2.24, 2.45) is 0 Å². The summed E-state index contributed by atoms with van der Waals surface area (Å²) in [5.74, 6) is 1.18. The molecule has 0 N–H and O–H groups in total. The van der Waals surface area contributed by atoms with Gasteiger partial charge in [-0.05, 0) is 37.5 Å².